The van der Waals surface area contributed by atoms with Crippen LogP contribution in [0.1, 0.15) is 113 Å². The molecule has 0 aliphatic rings. The Balaban J connectivity index is 4.48. The Morgan fingerprint density at radius 2 is 1.27 bits per heavy atom. The summed E-state index contributed by atoms with van der Waals surface area (Å²) in [4.78, 5) is 45.6. The van der Waals surface area contributed by atoms with Gasteiger partial charge in [-0.1, -0.05) is 60.3 Å². The van der Waals surface area contributed by atoms with E-state index in [-0.39, 0.29) is 35.8 Å². The van der Waals surface area contributed by atoms with E-state index in [1.165, 1.54) is 0 Å². The molecule has 0 bridgehead atoms. The molecule has 0 amide bonds. The molecule has 0 saturated carbocycles. The van der Waals surface area contributed by atoms with Crippen LogP contribution in [0.3, 0.4) is 0 Å². The van der Waals surface area contributed by atoms with Gasteiger partial charge in [0.2, 0.25) is 0 Å². The topological polar surface area (TPSA) is 71.1 Å². The van der Waals surface area contributed by atoms with Crippen molar-refractivity contribution in [1.82, 2.24) is 0 Å². The lowest BCUT2D eigenvalue weighted by atomic mass is 9.91. The van der Waals surface area contributed by atoms with Gasteiger partial charge in [0.1, 0.15) is 11.7 Å². The summed E-state index contributed by atoms with van der Waals surface area (Å²) in [7, 11) is 0. The molecule has 0 rings (SSSR count). The van der Waals surface area contributed by atoms with Crippen LogP contribution in [0.4, 0.5) is 0 Å². The van der Waals surface area contributed by atoms with Crippen LogP contribution in [-0.4, -0.2) is 23.6 Å². The van der Waals surface area contributed by atoms with Gasteiger partial charge >= 0.3 is 11.9 Å². The predicted octanol–water partition coefficient (Wildman–Crippen LogP) is 6.56. The highest BCUT2D eigenvalue weighted by atomic mass is 17.2. The Labute approximate surface area is 184 Å². The fourth-order valence-electron chi connectivity index (χ4n) is 3.36. The highest BCUT2D eigenvalue weighted by molar-refractivity contribution is 5.72. The summed E-state index contributed by atoms with van der Waals surface area (Å²) in [5, 5.41) is 0. The van der Waals surface area contributed by atoms with Crippen LogP contribution in [0.5, 0.6) is 0 Å². The van der Waals surface area contributed by atoms with Gasteiger partial charge in [-0.25, -0.2) is 9.59 Å². The Morgan fingerprint density at radius 1 is 0.800 bits per heavy atom. The molecule has 0 aromatic heterocycles. The van der Waals surface area contributed by atoms with E-state index < -0.39 is 5.60 Å². The highest BCUT2D eigenvalue weighted by Crippen LogP contribution is 2.26. The molecular formula is C24H46O6. The van der Waals surface area contributed by atoms with Gasteiger partial charge in [-0.3, -0.25) is 9.78 Å². The van der Waals surface area contributed by atoms with Crippen molar-refractivity contribution < 1.29 is 29.1 Å². The summed E-state index contributed by atoms with van der Waals surface area (Å²) in [5.74, 6) is -0.816. The number of unbranched alkanes of at least 4 members (excludes halogenated alkanes) is 2. The first kappa shape index (κ1) is 28.9. The molecule has 0 radical (unpaired) electrons. The standard InChI is InChI=1S/C24H46O6/c1-9-13-15-20(11-3)22(25)28-27-19(6)18(5)17-24(7,8)30-29-23(26)21(12-4)16-14-10-2/h18-21H,9-17H2,1-8H3. The maximum atomic E-state index is 12.3. The smallest absolute Gasteiger partial charge is 0.298 e. The molecule has 4 atom stereocenters. The molecule has 6 heteroatoms. The lowest BCUT2D eigenvalue weighted by Gasteiger charge is -2.29. The molecule has 0 aromatic carbocycles. The van der Waals surface area contributed by atoms with Crippen LogP contribution >= 0.6 is 0 Å². The van der Waals surface area contributed by atoms with Crippen LogP contribution in [-0.2, 0) is 29.1 Å². The molecule has 0 aliphatic carbocycles. The van der Waals surface area contributed by atoms with Gasteiger partial charge < -0.3 is 0 Å². The van der Waals surface area contributed by atoms with E-state index >= 15 is 0 Å². The van der Waals surface area contributed by atoms with Gasteiger partial charge in [-0.2, -0.15) is 9.78 Å². The van der Waals surface area contributed by atoms with Gasteiger partial charge in [0.05, 0.1) is 11.8 Å². The van der Waals surface area contributed by atoms with Crippen molar-refractivity contribution in [3.05, 3.63) is 0 Å². The molecular weight excluding hydrogens is 384 g/mol. The summed E-state index contributed by atoms with van der Waals surface area (Å²) in [6.45, 7) is 15.8. The minimum absolute atomic E-state index is 0.0317. The van der Waals surface area contributed by atoms with E-state index in [0.717, 1.165) is 51.4 Å². The van der Waals surface area contributed by atoms with Crippen LogP contribution in [0.2, 0.25) is 0 Å². The summed E-state index contributed by atoms with van der Waals surface area (Å²) >= 11 is 0. The third-order valence-corrected chi connectivity index (χ3v) is 5.71. The minimum atomic E-state index is -0.674. The average molecular weight is 431 g/mol. The van der Waals surface area contributed by atoms with Crippen molar-refractivity contribution in [3.8, 4) is 0 Å². The number of hydrogen-bond donors (Lipinski definition) is 0. The first-order chi connectivity index (χ1) is 14.1. The summed E-state index contributed by atoms with van der Waals surface area (Å²) in [6.07, 6.45) is 7.51. The molecule has 0 aromatic rings. The molecule has 30 heavy (non-hydrogen) atoms. The van der Waals surface area contributed by atoms with E-state index in [1.54, 1.807) is 0 Å². The Kier molecular flexibility index (Phi) is 15.0. The maximum absolute atomic E-state index is 12.3. The van der Waals surface area contributed by atoms with Crippen molar-refractivity contribution in [2.75, 3.05) is 0 Å². The zero-order valence-corrected chi connectivity index (χ0v) is 20.6. The fourth-order valence-corrected chi connectivity index (χ4v) is 3.36. The predicted molar refractivity (Wildman–Crippen MR) is 118 cm³/mol. The molecule has 0 spiro atoms. The third kappa shape index (κ3) is 11.9. The van der Waals surface area contributed by atoms with Crippen LogP contribution in [0, 0.1) is 17.8 Å². The highest BCUT2D eigenvalue weighted by Gasteiger charge is 2.30. The van der Waals surface area contributed by atoms with E-state index in [0.29, 0.717) is 6.42 Å². The van der Waals surface area contributed by atoms with Gasteiger partial charge in [0.15, 0.2) is 0 Å². The third-order valence-electron chi connectivity index (χ3n) is 5.71. The van der Waals surface area contributed by atoms with Crippen molar-refractivity contribution in [1.29, 1.82) is 0 Å². The largest absolute Gasteiger partial charge is 0.345 e. The second-order valence-corrected chi connectivity index (χ2v) is 9.13. The fraction of sp³-hybridized carbons (Fsp3) is 0.917. The van der Waals surface area contributed by atoms with Crippen LogP contribution in [0.15, 0.2) is 0 Å². The second kappa shape index (κ2) is 15.6. The number of carbonyl (C=O) groups is 2. The van der Waals surface area contributed by atoms with Crippen molar-refractivity contribution in [2.24, 2.45) is 17.8 Å². The first-order valence-corrected chi connectivity index (χ1v) is 11.9. The van der Waals surface area contributed by atoms with Gasteiger partial charge in [-0.15, -0.1) is 0 Å². The van der Waals surface area contributed by atoms with Gasteiger partial charge in [-0.05, 0) is 58.8 Å². The lowest BCUT2D eigenvalue weighted by molar-refractivity contribution is -0.337. The first-order valence-electron chi connectivity index (χ1n) is 11.9. The van der Waals surface area contributed by atoms with E-state index in [1.807, 2.05) is 41.5 Å². The summed E-state index contributed by atoms with van der Waals surface area (Å²) in [5.41, 5.74) is -0.674. The molecule has 0 saturated heterocycles. The Hall–Kier alpha value is -1.14. The van der Waals surface area contributed by atoms with E-state index in [4.69, 9.17) is 19.6 Å². The quantitative estimate of drug-likeness (QED) is 0.192. The monoisotopic (exact) mass is 430 g/mol. The van der Waals surface area contributed by atoms with Crippen LogP contribution in [0.25, 0.3) is 0 Å². The molecule has 0 heterocycles. The normalized spacial score (nSPS) is 15.9. The van der Waals surface area contributed by atoms with Gasteiger partial charge in [0.25, 0.3) is 0 Å². The Bertz CT molecular complexity index is 476. The summed E-state index contributed by atoms with van der Waals surface area (Å²) < 4.78 is 0. The van der Waals surface area contributed by atoms with E-state index in [2.05, 4.69) is 13.8 Å². The lowest BCUT2D eigenvalue weighted by Crippen LogP contribution is -2.34. The van der Waals surface area contributed by atoms with E-state index in [9.17, 15) is 9.59 Å². The second-order valence-electron chi connectivity index (χ2n) is 9.13. The van der Waals surface area contributed by atoms with Crippen molar-refractivity contribution >= 4 is 11.9 Å². The summed E-state index contributed by atoms with van der Waals surface area (Å²) in [6, 6.07) is 0. The molecule has 0 fully saturated rings. The van der Waals surface area contributed by atoms with Crippen molar-refractivity contribution in [3.63, 3.8) is 0 Å². The van der Waals surface area contributed by atoms with Crippen molar-refractivity contribution in [2.45, 2.75) is 125 Å². The minimum Gasteiger partial charge on any atom is -0.298 e. The van der Waals surface area contributed by atoms with Crippen LogP contribution < -0.4 is 0 Å². The number of hydrogen-bond acceptors (Lipinski definition) is 6. The molecule has 178 valence electrons. The SMILES string of the molecule is CCCCC(CC)C(=O)OOC(C)C(C)CC(C)(C)OOC(=O)C(CC)CCCC. The van der Waals surface area contributed by atoms with Gasteiger partial charge in [0, 0.05) is 0 Å². The molecule has 6 nitrogen and oxygen atoms in total. The zero-order valence-electron chi connectivity index (χ0n) is 20.6. The number of rotatable bonds is 17. The molecule has 0 aliphatic heterocycles. The number of carbonyl (C=O) groups excluding carboxylic acids is 2. The maximum Gasteiger partial charge on any atom is 0.345 e. The zero-order chi connectivity index (χ0) is 23.2. The molecule has 0 N–H and O–H groups in total. The average Bonchev–Trinajstić information content (AvgIpc) is 2.71. The Morgan fingerprint density at radius 3 is 1.70 bits per heavy atom. The molecule has 4 unspecified atom stereocenters.